The molecule has 4 aromatic rings. The molecule has 3 aromatic heterocycles. The van der Waals surface area contributed by atoms with Gasteiger partial charge in [0.15, 0.2) is 0 Å². The maximum Gasteiger partial charge on any atom is 0.258 e. The maximum absolute atomic E-state index is 12.2. The molecule has 0 aliphatic rings. The zero-order valence-corrected chi connectivity index (χ0v) is 14.2. The Labute approximate surface area is 146 Å². The molecule has 0 aliphatic heterocycles. The second-order valence-electron chi connectivity index (χ2n) is 5.47. The van der Waals surface area contributed by atoms with Gasteiger partial charge < -0.3 is 9.40 Å². The van der Waals surface area contributed by atoms with E-state index in [-0.39, 0.29) is 5.56 Å². The summed E-state index contributed by atoms with van der Waals surface area (Å²) in [6.07, 6.45) is 1.61. The van der Waals surface area contributed by atoms with Gasteiger partial charge in [0.1, 0.15) is 18.1 Å². The Kier molecular flexibility index (Phi) is 4.06. The molecule has 0 saturated carbocycles. The number of furan rings is 1. The zero-order chi connectivity index (χ0) is 17.2. The molecule has 3 heterocycles. The number of tetrazole rings is 1. The Bertz CT molecular complexity index is 1070. The lowest BCUT2D eigenvalue weighted by molar-refractivity contribution is 0.462. The quantitative estimate of drug-likeness (QED) is 0.548. The second-order valence-corrected chi connectivity index (χ2v) is 6.41. The topological polar surface area (TPSA) is 102 Å². The van der Waals surface area contributed by atoms with Crippen LogP contribution in [0, 0.1) is 6.92 Å². The van der Waals surface area contributed by atoms with Crippen molar-refractivity contribution < 1.29 is 4.42 Å². The van der Waals surface area contributed by atoms with Crippen molar-refractivity contribution in [2.75, 3.05) is 0 Å². The smallest absolute Gasteiger partial charge is 0.258 e. The van der Waals surface area contributed by atoms with E-state index in [9.17, 15) is 4.79 Å². The Hall–Kier alpha value is -2.94. The van der Waals surface area contributed by atoms with Crippen LogP contribution < -0.4 is 5.56 Å². The average molecular weight is 354 g/mol. The normalized spacial score (nSPS) is 11.2. The first kappa shape index (κ1) is 15.6. The Balaban J connectivity index is 1.56. The molecule has 1 N–H and O–H groups in total. The zero-order valence-electron chi connectivity index (χ0n) is 13.3. The fourth-order valence-electron chi connectivity index (χ4n) is 2.50. The van der Waals surface area contributed by atoms with Gasteiger partial charge in [-0.2, -0.15) is 0 Å². The van der Waals surface area contributed by atoms with E-state index in [1.165, 1.54) is 11.8 Å². The highest BCUT2D eigenvalue weighted by Gasteiger charge is 2.11. The largest absolute Gasteiger partial charge is 0.467 e. The van der Waals surface area contributed by atoms with E-state index < -0.39 is 0 Å². The first-order chi connectivity index (χ1) is 12.2. The molecule has 0 amide bonds. The number of thioether (sulfide) groups is 1. The summed E-state index contributed by atoms with van der Waals surface area (Å²) in [5.41, 5.74) is 1.55. The molecule has 0 bridgehead atoms. The first-order valence-electron chi connectivity index (χ1n) is 7.60. The molecule has 0 spiro atoms. The van der Waals surface area contributed by atoms with Crippen LogP contribution in [0.1, 0.15) is 17.1 Å². The van der Waals surface area contributed by atoms with Crippen LogP contribution in [0.3, 0.4) is 0 Å². The third kappa shape index (κ3) is 3.18. The van der Waals surface area contributed by atoms with Gasteiger partial charge in [-0.25, -0.2) is 9.67 Å². The number of benzene rings is 1. The van der Waals surface area contributed by atoms with Crippen LogP contribution in [0.15, 0.2) is 51.0 Å². The number of nitrogens with one attached hydrogen (secondary N) is 1. The molecule has 1 aromatic carbocycles. The SMILES string of the molecule is Cc1cccc2c(=O)[nH]c(CSc3nnnn3Cc3ccco3)nc12. The van der Waals surface area contributed by atoms with Gasteiger partial charge in [-0.05, 0) is 41.1 Å². The number of aromatic nitrogens is 6. The van der Waals surface area contributed by atoms with Crippen molar-refractivity contribution in [3.63, 3.8) is 0 Å². The molecule has 4 rings (SSSR count). The van der Waals surface area contributed by atoms with Crippen molar-refractivity contribution in [1.82, 2.24) is 30.2 Å². The predicted octanol–water partition coefficient (Wildman–Crippen LogP) is 2.15. The Morgan fingerprint density at radius 3 is 3.04 bits per heavy atom. The maximum atomic E-state index is 12.2. The number of hydrogen-bond donors (Lipinski definition) is 1. The van der Waals surface area contributed by atoms with E-state index in [1.54, 1.807) is 17.0 Å². The highest BCUT2D eigenvalue weighted by atomic mass is 32.2. The first-order valence-corrected chi connectivity index (χ1v) is 8.59. The number of hydrogen-bond acceptors (Lipinski definition) is 7. The van der Waals surface area contributed by atoms with Crippen LogP contribution in [-0.4, -0.2) is 30.2 Å². The van der Waals surface area contributed by atoms with E-state index in [1.807, 2.05) is 31.2 Å². The molecular weight excluding hydrogens is 340 g/mol. The molecule has 0 fully saturated rings. The van der Waals surface area contributed by atoms with Gasteiger partial charge >= 0.3 is 0 Å². The molecule has 9 heteroatoms. The average Bonchev–Trinajstić information content (AvgIpc) is 3.26. The summed E-state index contributed by atoms with van der Waals surface area (Å²) < 4.78 is 6.96. The minimum atomic E-state index is -0.139. The van der Waals surface area contributed by atoms with E-state index in [4.69, 9.17) is 4.42 Å². The number of nitrogens with zero attached hydrogens (tertiary/aromatic N) is 5. The Morgan fingerprint density at radius 2 is 2.20 bits per heavy atom. The van der Waals surface area contributed by atoms with Crippen LogP contribution in [0.5, 0.6) is 0 Å². The van der Waals surface area contributed by atoms with E-state index in [0.29, 0.717) is 28.7 Å². The summed E-state index contributed by atoms with van der Waals surface area (Å²) in [4.78, 5) is 19.6. The third-order valence-corrected chi connectivity index (χ3v) is 4.68. The molecule has 0 unspecified atom stereocenters. The fourth-order valence-corrected chi connectivity index (χ4v) is 3.25. The lowest BCUT2D eigenvalue weighted by Gasteiger charge is -2.05. The lowest BCUT2D eigenvalue weighted by Crippen LogP contribution is -2.12. The Morgan fingerprint density at radius 1 is 1.28 bits per heavy atom. The summed E-state index contributed by atoms with van der Waals surface area (Å²) >= 11 is 1.40. The number of aromatic amines is 1. The van der Waals surface area contributed by atoms with Gasteiger partial charge in [0.2, 0.25) is 5.16 Å². The van der Waals surface area contributed by atoms with Gasteiger partial charge in [-0.15, -0.1) is 5.10 Å². The van der Waals surface area contributed by atoms with Gasteiger partial charge in [0, 0.05) is 0 Å². The highest BCUT2D eigenvalue weighted by Crippen LogP contribution is 2.20. The predicted molar refractivity (Wildman–Crippen MR) is 92.3 cm³/mol. The molecule has 8 nitrogen and oxygen atoms in total. The highest BCUT2D eigenvalue weighted by molar-refractivity contribution is 7.98. The van der Waals surface area contributed by atoms with Gasteiger partial charge in [-0.3, -0.25) is 4.79 Å². The van der Waals surface area contributed by atoms with Crippen LogP contribution in [0.4, 0.5) is 0 Å². The number of rotatable bonds is 5. The summed E-state index contributed by atoms with van der Waals surface area (Å²) in [5.74, 6) is 1.81. The van der Waals surface area contributed by atoms with Crippen molar-refractivity contribution in [3.05, 3.63) is 64.1 Å². The van der Waals surface area contributed by atoms with Crippen molar-refractivity contribution in [2.45, 2.75) is 24.4 Å². The van der Waals surface area contributed by atoms with Crippen molar-refractivity contribution in [3.8, 4) is 0 Å². The number of aryl methyl sites for hydroxylation is 1. The van der Waals surface area contributed by atoms with Crippen LogP contribution in [0.25, 0.3) is 10.9 Å². The van der Waals surface area contributed by atoms with Gasteiger partial charge in [-0.1, -0.05) is 23.9 Å². The second kappa shape index (κ2) is 6.52. The molecule has 0 atom stereocenters. The summed E-state index contributed by atoms with van der Waals surface area (Å²) in [7, 11) is 0. The van der Waals surface area contributed by atoms with Gasteiger partial charge in [0.25, 0.3) is 5.56 Å². The van der Waals surface area contributed by atoms with E-state index in [0.717, 1.165) is 16.8 Å². The number of H-pyrrole nitrogens is 1. The van der Waals surface area contributed by atoms with Crippen molar-refractivity contribution in [2.24, 2.45) is 0 Å². The monoisotopic (exact) mass is 354 g/mol. The van der Waals surface area contributed by atoms with E-state index in [2.05, 4.69) is 25.5 Å². The van der Waals surface area contributed by atoms with Gasteiger partial charge in [0.05, 0.1) is 22.9 Å². The molecule has 0 aliphatic carbocycles. The molecular formula is C16H14N6O2S. The van der Waals surface area contributed by atoms with Crippen LogP contribution >= 0.6 is 11.8 Å². The minimum absolute atomic E-state index is 0.139. The third-order valence-electron chi connectivity index (χ3n) is 3.71. The molecule has 0 radical (unpaired) electrons. The molecule has 0 saturated heterocycles. The standard InChI is InChI=1S/C16H14N6O2S/c1-10-4-2-6-12-14(10)17-13(18-15(12)23)9-25-16-19-20-21-22(16)8-11-5-3-7-24-11/h2-7H,8-9H2,1H3,(H,17,18,23). The van der Waals surface area contributed by atoms with Crippen molar-refractivity contribution in [1.29, 1.82) is 0 Å². The molecule has 25 heavy (non-hydrogen) atoms. The number of para-hydroxylation sites is 1. The summed E-state index contributed by atoms with van der Waals surface area (Å²) in [6.45, 7) is 2.39. The minimum Gasteiger partial charge on any atom is -0.467 e. The van der Waals surface area contributed by atoms with Crippen LogP contribution in [-0.2, 0) is 12.3 Å². The fraction of sp³-hybridized carbons (Fsp3) is 0.188. The van der Waals surface area contributed by atoms with Crippen molar-refractivity contribution >= 4 is 22.7 Å². The lowest BCUT2D eigenvalue weighted by atomic mass is 10.1. The van der Waals surface area contributed by atoms with Crippen LogP contribution in [0.2, 0.25) is 0 Å². The molecule has 126 valence electrons. The summed E-state index contributed by atoms with van der Waals surface area (Å²) in [5, 5.41) is 12.9. The van der Waals surface area contributed by atoms with E-state index >= 15 is 0 Å². The summed E-state index contributed by atoms with van der Waals surface area (Å²) in [6, 6.07) is 9.25. The number of fused-ring (bicyclic) bond motifs is 1.